The number of hydrogen-bond donors (Lipinski definition) is 1. The van der Waals surface area contributed by atoms with Gasteiger partial charge in [0.05, 0.1) is 4.90 Å². The van der Waals surface area contributed by atoms with Crippen molar-refractivity contribution in [1.29, 1.82) is 0 Å². The second-order valence-electron chi connectivity index (χ2n) is 5.36. The largest absolute Gasteiger partial charge is 0.384 e. The summed E-state index contributed by atoms with van der Waals surface area (Å²) in [7, 11) is -3.53. The molecular formula is C16H21NO3S. The summed E-state index contributed by atoms with van der Waals surface area (Å²) in [6, 6.07) is 5.14. The Morgan fingerprint density at radius 2 is 2.10 bits per heavy atom. The van der Waals surface area contributed by atoms with Gasteiger partial charge in [0.2, 0.25) is 10.0 Å². The van der Waals surface area contributed by atoms with Crippen LogP contribution in [0.4, 0.5) is 0 Å². The van der Waals surface area contributed by atoms with Crippen LogP contribution in [0.5, 0.6) is 0 Å². The zero-order valence-corrected chi connectivity index (χ0v) is 13.3. The zero-order valence-electron chi connectivity index (χ0n) is 12.5. The highest BCUT2D eigenvalue weighted by molar-refractivity contribution is 7.89. The second-order valence-corrected chi connectivity index (χ2v) is 7.26. The molecule has 1 aromatic carbocycles. The molecule has 0 spiro atoms. The quantitative estimate of drug-likeness (QED) is 0.843. The smallest absolute Gasteiger partial charge is 0.244 e. The number of rotatable bonds is 5. The van der Waals surface area contributed by atoms with Gasteiger partial charge >= 0.3 is 0 Å². The monoisotopic (exact) mass is 307 g/mol. The van der Waals surface area contributed by atoms with Gasteiger partial charge in [-0.1, -0.05) is 24.8 Å². The number of aryl methyl sites for hydroxylation is 1. The Bertz CT molecular complexity index is 666. The first-order chi connectivity index (χ1) is 9.98. The van der Waals surface area contributed by atoms with Gasteiger partial charge in [-0.3, -0.25) is 0 Å². The molecule has 5 heteroatoms. The standard InChI is InChI=1S/C16H21NO3S/c1-3-17(12-14-7-8-14)21(19,20)16-9-6-13(2)11-15(16)5-4-10-18/h6,9,11,14,18H,3,7-8,10,12H2,1-2H3. The highest BCUT2D eigenvalue weighted by Gasteiger charge is 2.31. The molecule has 0 aromatic heterocycles. The summed E-state index contributed by atoms with van der Waals surface area (Å²) >= 11 is 0. The first-order valence-electron chi connectivity index (χ1n) is 7.19. The van der Waals surface area contributed by atoms with Crippen molar-refractivity contribution in [2.24, 2.45) is 5.92 Å². The Kier molecular flexibility index (Phi) is 5.04. The van der Waals surface area contributed by atoms with E-state index in [1.807, 2.05) is 13.8 Å². The van der Waals surface area contributed by atoms with E-state index in [2.05, 4.69) is 11.8 Å². The lowest BCUT2D eigenvalue weighted by Crippen LogP contribution is -2.33. The van der Waals surface area contributed by atoms with Crippen molar-refractivity contribution in [3.63, 3.8) is 0 Å². The minimum absolute atomic E-state index is 0.233. The fraction of sp³-hybridized carbons (Fsp3) is 0.500. The fourth-order valence-electron chi connectivity index (χ4n) is 2.23. The van der Waals surface area contributed by atoms with Crippen LogP contribution < -0.4 is 0 Å². The van der Waals surface area contributed by atoms with E-state index in [1.165, 1.54) is 4.31 Å². The van der Waals surface area contributed by atoms with Crippen LogP contribution >= 0.6 is 0 Å². The summed E-state index contributed by atoms with van der Waals surface area (Å²) in [6.07, 6.45) is 2.22. The Balaban J connectivity index is 2.42. The van der Waals surface area contributed by atoms with Crippen LogP contribution in [0.1, 0.15) is 30.9 Å². The normalized spacial score (nSPS) is 14.9. The molecule has 1 saturated carbocycles. The molecule has 1 aliphatic carbocycles. The van der Waals surface area contributed by atoms with E-state index in [0.717, 1.165) is 18.4 Å². The first-order valence-corrected chi connectivity index (χ1v) is 8.63. The molecule has 1 aliphatic rings. The number of aliphatic hydroxyl groups excluding tert-OH is 1. The Morgan fingerprint density at radius 1 is 1.38 bits per heavy atom. The fourth-order valence-corrected chi connectivity index (χ4v) is 3.88. The lowest BCUT2D eigenvalue weighted by atomic mass is 10.1. The van der Waals surface area contributed by atoms with Crippen molar-refractivity contribution in [2.45, 2.75) is 31.6 Å². The van der Waals surface area contributed by atoms with Crippen molar-refractivity contribution in [2.75, 3.05) is 19.7 Å². The van der Waals surface area contributed by atoms with Crippen LogP contribution in [0, 0.1) is 24.7 Å². The predicted molar refractivity (Wildman–Crippen MR) is 82.3 cm³/mol. The molecule has 1 fully saturated rings. The SMILES string of the molecule is CCN(CC1CC1)S(=O)(=O)c1ccc(C)cc1C#CCO. The molecule has 114 valence electrons. The summed E-state index contributed by atoms with van der Waals surface area (Å²) in [5, 5.41) is 8.84. The molecule has 1 aromatic rings. The summed E-state index contributed by atoms with van der Waals surface area (Å²) < 4.78 is 27.2. The van der Waals surface area contributed by atoms with E-state index in [4.69, 9.17) is 5.11 Å². The highest BCUT2D eigenvalue weighted by atomic mass is 32.2. The van der Waals surface area contributed by atoms with Gasteiger partial charge in [0.25, 0.3) is 0 Å². The third-order valence-corrected chi connectivity index (χ3v) is 5.57. The van der Waals surface area contributed by atoms with E-state index in [-0.39, 0.29) is 11.5 Å². The number of nitrogens with zero attached hydrogens (tertiary/aromatic N) is 1. The van der Waals surface area contributed by atoms with Crippen molar-refractivity contribution in [3.05, 3.63) is 29.3 Å². The van der Waals surface area contributed by atoms with E-state index in [9.17, 15) is 8.42 Å². The predicted octanol–water partition coefficient (Wildman–Crippen LogP) is 1.76. The average Bonchev–Trinajstić information content (AvgIpc) is 3.26. The summed E-state index contributed by atoms with van der Waals surface area (Å²) in [5.74, 6) is 5.79. The van der Waals surface area contributed by atoms with E-state index in [1.54, 1.807) is 18.2 Å². The van der Waals surface area contributed by atoms with Gasteiger partial charge < -0.3 is 5.11 Å². The first kappa shape index (κ1) is 16.0. The van der Waals surface area contributed by atoms with Crippen molar-refractivity contribution >= 4 is 10.0 Å². The second kappa shape index (κ2) is 6.61. The molecule has 0 saturated heterocycles. The van der Waals surface area contributed by atoms with E-state index in [0.29, 0.717) is 24.6 Å². The molecular weight excluding hydrogens is 286 g/mol. The van der Waals surface area contributed by atoms with Crippen LogP contribution in [0.25, 0.3) is 0 Å². The third kappa shape index (κ3) is 3.85. The van der Waals surface area contributed by atoms with E-state index >= 15 is 0 Å². The topological polar surface area (TPSA) is 57.6 Å². The number of sulfonamides is 1. The van der Waals surface area contributed by atoms with Crippen LogP contribution in [-0.2, 0) is 10.0 Å². The lowest BCUT2D eigenvalue weighted by Gasteiger charge is -2.21. The Morgan fingerprint density at radius 3 is 2.67 bits per heavy atom. The minimum atomic E-state index is -3.53. The number of hydrogen-bond acceptors (Lipinski definition) is 3. The molecule has 21 heavy (non-hydrogen) atoms. The molecule has 0 atom stereocenters. The Hall–Kier alpha value is -1.35. The van der Waals surface area contributed by atoms with Gasteiger partial charge in [-0.2, -0.15) is 4.31 Å². The zero-order chi connectivity index (χ0) is 15.5. The van der Waals surface area contributed by atoms with Crippen LogP contribution in [0.2, 0.25) is 0 Å². The molecule has 1 N–H and O–H groups in total. The highest BCUT2D eigenvalue weighted by Crippen LogP contribution is 2.32. The van der Waals surface area contributed by atoms with Gasteiger partial charge in [0.1, 0.15) is 6.61 Å². The maximum atomic E-state index is 12.8. The van der Waals surface area contributed by atoms with Crippen LogP contribution in [0.15, 0.2) is 23.1 Å². The summed E-state index contributed by atoms with van der Waals surface area (Å²) in [4.78, 5) is 0.233. The average molecular weight is 307 g/mol. The number of benzene rings is 1. The van der Waals surface area contributed by atoms with Crippen molar-refractivity contribution in [1.82, 2.24) is 4.31 Å². The van der Waals surface area contributed by atoms with Crippen molar-refractivity contribution < 1.29 is 13.5 Å². The Labute approximate surface area is 126 Å². The summed E-state index contributed by atoms with van der Waals surface area (Å²) in [6.45, 7) is 4.50. The molecule has 4 nitrogen and oxygen atoms in total. The summed E-state index contributed by atoms with van der Waals surface area (Å²) in [5.41, 5.74) is 1.40. The minimum Gasteiger partial charge on any atom is -0.384 e. The molecule has 0 bridgehead atoms. The van der Waals surface area contributed by atoms with Gasteiger partial charge in [0, 0.05) is 18.7 Å². The van der Waals surface area contributed by atoms with Gasteiger partial charge in [-0.25, -0.2) is 8.42 Å². The van der Waals surface area contributed by atoms with Gasteiger partial charge in [0.15, 0.2) is 0 Å². The van der Waals surface area contributed by atoms with Gasteiger partial charge in [-0.15, -0.1) is 0 Å². The maximum absolute atomic E-state index is 12.8. The van der Waals surface area contributed by atoms with Crippen LogP contribution in [0.3, 0.4) is 0 Å². The van der Waals surface area contributed by atoms with Crippen LogP contribution in [-0.4, -0.2) is 37.5 Å². The van der Waals surface area contributed by atoms with Gasteiger partial charge in [-0.05, 0) is 43.4 Å². The molecule has 0 amide bonds. The van der Waals surface area contributed by atoms with E-state index < -0.39 is 10.0 Å². The molecule has 0 aliphatic heterocycles. The third-order valence-electron chi connectivity index (χ3n) is 3.57. The number of aliphatic hydroxyl groups is 1. The molecule has 0 unspecified atom stereocenters. The van der Waals surface area contributed by atoms with Crippen molar-refractivity contribution in [3.8, 4) is 11.8 Å². The maximum Gasteiger partial charge on any atom is 0.244 e. The molecule has 0 radical (unpaired) electrons. The molecule has 0 heterocycles. The molecule has 2 rings (SSSR count). The lowest BCUT2D eigenvalue weighted by molar-refractivity contribution is 0.350.